The Balaban J connectivity index is 1.47. The van der Waals surface area contributed by atoms with E-state index in [1.54, 1.807) is 6.33 Å². The number of nitrogens with two attached hydrogens (primary N) is 1. The van der Waals surface area contributed by atoms with Gasteiger partial charge in [0, 0.05) is 25.2 Å². The smallest absolute Gasteiger partial charge is 0.237 e. The second kappa shape index (κ2) is 4.78. The van der Waals surface area contributed by atoms with Gasteiger partial charge in [-0.15, -0.1) is 10.2 Å². The summed E-state index contributed by atoms with van der Waals surface area (Å²) in [5, 5.41) is 11.7. The highest BCUT2D eigenvalue weighted by atomic mass is 16.1. The number of hydrogen-bond donors (Lipinski definition) is 2. The molecule has 4 rings (SSSR count). The number of primary amides is 1. The van der Waals surface area contributed by atoms with Gasteiger partial charge in [-0.2, -0.15) is 0 Å². The lowest BCUT2D eigenvalue weighted by atomic mass is 9.96. The molecule has 0 bridgehead atoms. The summed E-state index contributed by atoms with van der Waals surface area (Å²) in [7, 11) is 0. The molecule has 2 atom stereocenters. The van der Waals surface area contributed by atoms with Gasteiger partial charge in [-0.25, -0.2) is 0 Å². The molecule has 2 fully saturated rings. The Labute approximate surface area is 123 Å². The second-order valence-electron chi connectivity index (χ2n) is 6.67. The molecule has 1 aliphatic heterocycles. The summed E-state index contributed by atoms with van der Waals surface area (Å²) in [5.74, 6) is 0.838. The number of nitrogens with zero attached hydrogens (tertiary/aromatic N) is 4. The first kappa shape index (κ1) is 13.2. The number of aromatic nitrogens is 3. The Morgan fingerprint density at radius 1 is 1.38 bits per heavy atom. The zero-order chi connectivity index (χ0) is 14.4. The fourth-order valence-corrected chi connectivity index (χ4v) is 3.77. The van der Waals surface area contributed by atoms with Gasteiger partial charge >= 0.3 is 0 Å². The lowest BCUT2D eigenvalue weighted by molar-refractivity contribution is -0.124. The number of nitrogens with one attached hydrogen (secondary N) is 1. The topological polar surface area (TPSA) is 89.1 Å². The van der Waals surface area contributed by atoms with Crippen LogP contribution >= 0.6 is 0 Å². The maximum Gasteiger partial charge on any atom is 0.237 e. The molecule has 0 aromatic carbocycles. The average Bonchev–Trinajstić information content (AvgIpc) is 3.00. The van der Waals surface area contributed by atoms with Crippen molar-refractivity contribution in [3.8, 4) is 0 Å². The van der Waals surface area contributed by atoms with Crippen LogP contribution in [0.25, 0.3) is 0 Å². The van der Waals surface area contributed by atoms with Crippen LogP contribution in [0, 0.1) is 0 Å². The fourth-order valence-electron chi connectivity index (χ4n) is 3.77. The van der Waals surface area contributed by atoms with E-state index in [2.05, 4.69) is 25.0 Å². The zero-order valence-electron chi connectivity index (χ0n) is 12.2. The summed E-state index contributed by atoms with van der Waals surface area (Å²) < 4.78 is 2.11. The van der Waals surface area contributed by atoms with Gasteiger partial charge < -0.3 is 15.6 Å². The molecule has 1 amide bonds. The predicted octanol–water partition coefficient (Wildman–Crippen LogP) is -0.378. The molecular weight excluding hydrogens is 268 g/mol. The van der Waals surface area contributed by atoms with Crippen molar-refractivity contribution in [3.63, 3.8) is 0 Å². The minimum absolute atomic E-state index is 0.183. The van der Waals surface area contributed by atoms with Crippen LogP contribution in [0.4, 0.5) is 0 Å². The molecule has 1 aromatic rings. The first-order valence-electron chi connectivity index (χ1n) is 7.85. The Bertz CT molecular complexity index is 553. The number of amides is 1. The minimum Gasteiger partial charge on any atom is -0.368 e. The van der Waals surface area contributed by atoms with Crippen LogP contribution in [0.3, 0.4) is 0 Å². The largest absolute Gasteiger partial charge is 0.368 e. The first-order chi connectivity index (χ1) is 10.2. The third-order valence-electron chi connectivity index (χ3n) is 5.20. The molecular formula is C14H22N6O. The highest BCUT2D eigenvalue weighted by Gasteiger charge is 2.48. The van der Waals surface area contributed by atoms with Crippen molar-refractivity contribution >= 4 is 5.91 Å². The molecule has 3 aliphatic rings. The maximum absolute atomic E-state index is 12.0. The number of carbonyl (C=O) groups excluding carboxylic acids is 1. The molecule has 2 saturated carbocycles. The van der Waals surface area contributed by atoms with Gasteiger partial charge in [0.25, 0.3) is 0 Å². The normalized spacial score (nSPS) is 33.0. The van der Waals surface area contributed by atoms with E-state index in [1.807, 2.05) is 0 Å². The van der Waals surface area contributed by atoms with E-state index >= 15 is 0 Å². The van der Waals surface area contributed by atoms with Gasteiger partial charge in [0.1, 0.15) is 12.2 Å². The van der Waals surface area contributed by atoms with Crippen LogP contribution in [0.1, 0.15) is 37.9 Å². The summed E-state index contributed by atoms with van der Waals surface area (Å²) in [6, 6.07) is 0.912. The van der Waals surface area contributed by atoms with E-state index < -0.39 is 5.54 Å². The quantitative estimate of drug-likeness (QED) is 0.789. The SMILES string of the molecule is NC(=O)C1(NC2CC2)CCC(N2CCn3cnnc3C2)C1. The molecule has 0 spiro atoms. The lowest BCUT2D eigenvalue weighted by Gasteiger charge is -2.34. The molecule has 2 unspecified atom stereocenters. The molecule has 114 valence electrons. The lowest BCUT2D eigenvalue weighted by Crippen LogP contribution is -2.55. The van der Waals surface area contributed by atoms with E-state index in [4.69, 9.17) is 5.73 Å². The van der Waals surface area contributed by atoms with Gasteiger partial charge in [0.2, 0.25) is 5.91 Å². The first-order valence-corrected chi connectivity index (χ1v) is 7.85. The molecule has 1 aromatic heterocycles. The standard InChI is InChI=1S/C14H22N6O/c15-13(21)14(17-10-1-2-10)4-3-11(7-14)19-5-6-20-9-16-18-12(20)8-19/h9-11,17H,1-8H2,(H2,15,21). The molecule has 2 aliphatic carbocycles. The van der Waals surface area contributed by atoms with E-state index in [0.717, 1.165) is 44.7 Å². The highest BCUT2D eigenvalue weighted by molar-refractivity contribution is 5.85. The molecule has 2 heterocycles. The summed E-state index contributed by atoms with van der Waals surface area (Å²) in [5.41, 5.74) is 5.23. The second-order valence-corrected chi connectivity index (χ2v) is 6.67. The third-order valence-corrected chi connectivity index (χ3v) is 5.20. The molecule has 0 saturated heterocycles. The molecule has 7 heteroatoms. The van der Waals surface area contributed by atoms with Crippen molar-refractivity contribution in [1.82, 2.24) is 25.0 Å². The predicted molar refractivity (Wildman–Crippen MR) is 76.2 cm³/mol. The molecule has 0 radical (unpaired) electrons. The summed E-state index contributed by atoms with van der Waals surface area (Å²) in [4.78, 5) is 14.4. The molecule has 21 heavy (non-hydrogen) atoms. The van der Waals surface area contributed by atoms with Crippen LogP contribution in [0.2, 0.25) is 0 Å². The number of fused-ring (bicyclic) bond motifs is 1. The highest BCUT2D eigenvalue weighted by Crippen LogP contribution is 2.37. The van der Waals surface area contributed by atoms with Gasteiger partial charge in [0.05, 0.1) is 12.1 Å². The summed E-state index contributed by atoms with van der Waals surface area (Å²) in [6.45, 7) is 2.75. The number of hydrogen-bond acceptors (Lipinski definition) is 5. The number of carbonyl (C=O) groups is 1. The van der Waals surface area contributed by atoms with Crippen molar-refractivity contribution in [2.24, 2.45) is 5.73 Å². The van der Waals surface area contributed by atoms with E-state index in [0.29, 0.717) is 12.1 Å². The molecule has 3 N–H and O–H groups in total. The van der Waals surface area contributed by atoms with Crippen molar-refractivity contribution in [1.29, 1.82) is 0 Å². The van der Waals surface area contributed by atoms with Crippen LogP contribution in [-0.2, 0) is 17.9 Å². The van der Waals surface area contributed by atoms with Gasteiger partial charge in [-0.1, -0.05) is 0 Å². The third kappa shape index (κ3) is 2.34. The van der Waals surface area contributed by atoms with Crippen molar-refractivity contribution in [2.75, 3.05) is 6.54 Å². The Kier molecular flexibility index (Phi) is 3.00. The van der Waals surface area contributed by atoms with Crippen LogP contribution < -0.4 is 11.1 Å². The Hall–Kier alpha value is -1.47. The fraction of sp³-hybridized carbons (Fsp3) is 0.786. The minimum atomic E-state index is -0.489. The van der Waals surface area contributed by atoms with Crippen LogP contribution in [0.15, 0.2) is 6.33 Å². The zero-order valence-corrected chi connectivity index (χ0v) is 12.2. The van der Waals surface area contributed by atoms with Gasteiger partial charge in [-0.3, -0.25) is 9.69 Å². The van der Waals surface area contributed by atoms with E-state index in [-0.39, 0.29) is 5.91 Å². The Morgan fingerprint density at radius 2 is 2.24 bits per heavy atom. The van der Waals surface area contributed by atoms with Crippen molar-refractivity contribution in [2.45, 2.75) is 62.8 Å². The van der Waals surface area contributed by atoms with Crippen LogP contribution in [-0.4, -0.2) is 49.7 Å². The molecule has 7 nitrogen and oxygen atoms in total. The van der Waals surface area contributed by atoms with Crippen molar-refractivity contribution in [3.05, 3.63) is 12.2 Å². The monoisotopic (exact) mass is 290 g/mol. The summed E-state index contributed by atoms with van der Waals surface area (Å²) in [6.07, 6.45) is 6.85. The maximum atomic E-state index is 12.0. The summed E-state index contributed by atoms with van der Waals surface area (Å²) >= 11 is 0. The average molecular weight is 290 g/mol. The van der Waals surface area contributed by atoms with Crippen LogP contribution in [0.5, 0.6) is 0 Å². The van der Waals surface area contributed by atoms with Gasteiger partial charge in [0.15, 0.2) is 0 Å². The van der Waals surface area contributed by atoms with E-state index in [9.17, 15) is 4.79 Å². The van der Waals surface area contributed by atoms with Crippen molar-refractivity contribution < 1.29 is 4.79 Å². The number of rotatable bonds is 4. The van der Waals surface area contributed by atoms with E-state index in [1.165, 1.54) is 12.8 Å². The van der Waals surface area contributed by atoms with Gasteiger partial charge in [-0.05, 0) is 32.1 Å². The Morgan fingerprint density at radius 3 is 3.00 bits per heavy atom.